The first-order chi connectivity index (χ1) is 9.67. The van der Waals surface area contributed by atoms with Crippen LogP contribution in [0.4, 0.5) is 0 Å². The minimum absolute atomic E-state index is 0.162. The Hall–Kier alpha value is -1.31. The summed E-state index contributed by atoms with van der Waals surface area (Å²) in [7, 11) is 0.917. The van der Waals surface area contributed by atoms with Crippen molar-refractivity contribution >= 4 is 10.0 Å². The number of nitrogens with zero attached hydrogens (tertiary/aromatic N) is 1. The van der Waals surface area contributed by atoms with Crippen molar-refractivity contribution in [1.82, 2.24) is 4.31 Å². The van der Waals surface area contributed by atoms with Gasteiger partial charge >= 0.3 is 0 Å². The van der Waals surface area contributed by atoms with Crippen LogP contribution in [0.5, 0.6) is 11.5 Å². The Morgan fingerprint density at radius 1 is 1.19 bits per heavy atom. The Balaban J connectivity index is 3.13. The third-order valence-electron chi connectivity index (χ3n) is 3.27. The normalized spacial score (nSPS) is 12.5. The summed E-state index contributed by atoms with van der Waals surface area (Å²) < 4.78 is 36.7. The van der Waals surface area contributed by atoms with Gasteiger partial charge in [-0.25, -0.2) is 12.7 Å². The highest BCUT2D eigenvalue weighted by Crippen LogP contribution is 2.31. The molecular formula is C14H24N2O4S. The summed E-state index contributed by atoms with van der Waals surface area (Å²) in [4.78, 5) is 0.162. The van der Waals surface area contributed by atoms with Crippen molar-refractivity contribution in [2.24, 2.45) is 11.1 Å². The smallest absolute Gasteiger partial charge is 0.242 e. The molecule has 21 heavy (non-hydrogen) atoms. The zero-order valence-corrected chi connectivity index (χ0v) is 14.0. The van der Waals surface area contributed by atoms with Crippen molar-refractivity contribution in [1.29, 1.82) is 0 Å². The van der Waals surface area contributed by atoms with Crippen molar-refractivity contribution in [2.75, 3.05) is 34.4 Å². The number of hydrogen-bond acceptors (Lipinski definition) is 5. The Kier molecular flexibility index (Phi) is 5.61. The summed E-state index contributed by atoms with van der Waals surface area (Å²) in [6.45, 7) is 4.58. The molecule has 0 aliphatic heterocycles. The predicted molar refractivity (Wildman–Crippen MR) is 82.2 cm³/mol. The van der Waals surface area contributed by atoms with Crippen LogP contribution in [-0.2, 0) is 10.0 Å². The van der Waals surface area contributed by atoms with Gasteiger partial charge in [-0.05, 0) is 24.1 Å². The summed E-state index contributed by atoms with van der Waals surface area (Å²) in [5.41, 5.74) is 5.37. The summed E-state index contributed by atoms with van der Waals surface area (Å²) >= 11 is 0. The van der Waals surface area contributed by atoms with E-state index in [0.29, 0.717) is 24.6 Å². The molecule has 0 fully saturated rings. The molecule has 6 nitrogen and oxygen atoms in total. The van der Waals surface area contributed by atoms with Crippen LogP contribution in [-0.4, -0.2) is 47.1 Å². The van der Waals surface area contributed by atoms with E-state index in [0.717, 1.165) is 0 Å². The van der Waals surface area contributed by atoms with E-state index in [1.165, 1.54) is 30.7 Å². The maximum atomic E-state index is 12.6. The van der Waals surface area contributed by atoms with Gasteiger partial charge in [0.15, 0.2) is 11.5 Å². The Labute approximate surface area is 126 Å². The van der Waals surface area contributed by atoms with Crippen LogP contribution in [0, 0.1) is 5.41 Å². The van der Waals surface area contributed by atoms with E-state index >= 15 is 0 Å². The number of benzene rings is 1. The molecule has 0 atom stereocenters. The van der Waals surface area contributed by atoms with Gasteiger partial charge in [-0.15, -0.1) is 0 Å². The summed E-state index contributed by atoms with van der Waals surface area (Å²) in [6, 6.07) is 4.54. The van der Waals surface area contributed by atoms with Gasteiger partial charge in [-0.2, -0.15) is 0 Å². The van der Waals surface area contributed by atoms with Crippen LogP contribution >= 0.6 is 0 Å². The first kappa shape index (κ1) is 17.7. The van der Waals surface area contributed by atoms with Crippen molar-refractivity contribution in [2.45, 2.75) is 18.7 Å². The highest BCUT2D eigenvalue weighted by molar-refractivity contribution is 7.89. The zero-order chi connectivity index (χ0) is 16.3. The molecule has 0 bridgehead atoms. The average Bonchev–Trinajstić information content (AvgIpc) is 2.45. The van der Waals surface area contributed by atoms with Crippen molar-refractivity contribution in [3.8, 4) is 11.5 Å². The number of rotatable bonds is 7. The van der Waals surface area contributed by atoms with Crippen LogP contribution in [0.15, 0.2) is 23.1 Å². The number of ether oxygens (including phenoxy) is 2. The van der Waals surface area contributed by atoms with Crippen molar-refractivity contribution in [3.63, 3.8) is 0 Å². The van der Waals surface area contributed by atoms with Gasteiger partial charge in [0, 0.05) is 19.7 Å². The fourth-order valence-corrected chi connectivity index (χ4v) is 3.28. The molecule has 1 aromatic rings. The largest absolute Gasteiger partial charge is 0.493 e. The monoisotopic (exact) mass is 316 g/mol. The number of sulfonamides is 1. The highest BCUT2D eigenvalue weighted by Gasteiger charge is 2.27. The number of hydrogen-bond donors (Lipinski definition) is 1. The molecule has 0 amide bonds. The first-order valence-electron chi connectivity index (χ1n) is 6.56. The SMILES string of the molecule is COc1ccc(S(=O)(=O)N(C)CC(C)(C)CN)cc1OC. The van der Waals surface area contributed by atoms with Gasteiger partial charge in [-0.1, -0.05) is 13.8 Å². The second-order valence-electron chi connectivity index (χ2n) is 5.65. The second kappa shape index (κ2) is 6.64. The molecule has 120 valence electrons. The molecule has 2 N–H and O–H groups in total. The van der Waals surface area contributed by atoms with Crippen LogP contribution < -0.4 is 15.2 Å². The topological polar surface area (TPSA) is 81.9 Å². The van der Waals surface area contributed by atoms with E-state index in [4.69, 9.17) is 15.2 Å². The van der Waals surface area contributed by atoms with Gasteiger partial charge in [0.25, 0.3) is 0 Å². The van der Waals surface area contributed by atoms with Gasteiger partial charge < -0.3 is 15.2 Å². The van der Waals surface area contributed by atoms with Gasteiger partial charge in [0.1, 0.15) is 0 Å². The van der Waals surface area contributed by atoms with E-state index < -0.39 is 10.0 Å². The predicted octanol–water partition coefficient (Wildman–Crippen LogP) is 1.31. The Morgan fingerprint density at radius 3 is 2.24 bits per heavy atom. The van der Waals surface area contributed by atoms with Crippen LogP contribution in [0.3, 0.4) is 0 Å². The lowest BCUT2D eigenvalue weighted by Gasteiger charge is -2.28. The van der Waals surface area contributed by atoms with Crippen molar-refractivity contribution in [3.05, 3.63) is 18.2 Å². The third kappa shape index (κ3) is 4.09. The van der Waals surface area contributed by atoms with Gasteiger partial charge in [-0.3, -0.25) is 0 Å². The van der Waals surface area contributed by atoms with Crippen LogP contribution in [0.1, 0.15) is 13.8 Å². The van der Waals surface area contributed by atoms with Gasteiger partial charge in [0.2, 0.25) is 10.0 Å². The molecule has 1 aromatic carbocycles. The lowest BCUT2D eigenvalue weighted by atomic mass is 9.94. The summed E-state index contributed by atoms with van der Waals surface area (Å²) in [6.07, 6.45) is 0. The number of nitrogens with two attached hydrogens (primary N) is 1. The van der Waals surface area contributed by atoms with Crippen molar-refractivity contribution < 1.29 is 17.9 Å². The molecule has 0 aliphatic carbocycles. The first-order valence-corrected chi connectivity index (χ1v) is 8.00. The molecule has 0 aliphatic rings. The lowest BCUT2D eigenvalue weighted by molar-refractivity contribution is 0.291. The average molecular weight is 316 g/mol. The lowest BCUT2D eigenvalue weighted by Crippen LogP contribution is -2.39. The van der Waals surface area contributed by atoms with Crippen LogP contribution in [0.25, 0.3) is 0 Å². The minimum Gasteiger partial charge on any atom is -0.493 e. The Morgan fingerprint density at radius 2 is 1.76 bits per heavy atom. The van der Waals surface area contributed by atoms with E-state index in [1.807, 2.05) is 13.8 Å². The molecule has 0 spiro atoms. The molecule has 0 unspecified atom stereocenters. The molecular weight excluding hydrogens is 292 g/mol. The Bertz CT molecular complexity index is 585. The number of methoxy groups -OCH3 is 2. The van der Waals surface area contributed by atoms with E-state index in [-0.39, 0.29) is 10.3 Å². The molecule has 1 rings (SSSR count). The van der Waals surface area contributed by atoms with E-state index in [9.17, 15) is 8.42 Å². The quantitative estimate of drug-likeness (QED) is 0.820. The van der Waals surface area contributed by atoms with Gasteiger partial charge in [0.05, 0.1) is 19.1 Å². The molecule has 0 aromatic heterocycles. The highest BCUT2D eigenvalue weighted by atomic mass is 32.2. The fraction of sp³-hybridized carbons (Fsp3) is 0.571. The van der Waals surface area contributed by atoms with E-state index in [2.05, 4.69) is 0 Å². The van der Waals surface area contributed by atoms with E-state index in [1.54, 1.807) is 13.1 Å². The maximum Gasteiger partial charge on any atom is 0.242 e. The second-order valence-corrected chi connectivity index (χ2v) is 7.69. The minimum atomic E-state index is -3.60. The molecule has 0 saturated carbocycles. The molecule has 7 heteroatoms. The molecule has 0 saturated heterocycles. The zero-order valence-electron chi connectivity index (χ0n) is 13.2. The molecule has 0 radical (unpaired) electrons. The van der Waals surface area contributed by atoms with Crippen LogP contribution in [0.2, 0.25) is 0 Å². The molecule has 0 heterocycles. The summed E-state index contributed by atoms with van der Waals surface area (Å²) in [5, 5.41) is 0. The summed E-state index contributed by atoms with van der Waals surface area (Å²) in [5.74, 6) is 0.867. The standard InChI is InChI=1S/C14H24N2O4S/c1-14(2,9-15)10-16(3)21(17,18)11-6-7-12(19-4)13(8-11)20-5/h6-8H,9-10,15H2,1-5H3. The third-order valence-corrected chi connectivity index (χ3v) is 5.07. The fourth-order valence-electron chi connectivity index (χ4n) is 1.91. The maximum absolute atomic E-state index is 12.6.